The maximum absolute atomic E-state index is 12.1. The van der Waals surface area contributed by atoms with Crippen molar-refractivity contribution in [3.05, 3.63) is 78.3 Å². The van der Waals surface area contributed by atoms with Gasteiger partial charge in [-0.05, 0) is 35.9 Å². The van der Waals surface area contributed by atoms with Crippen LogP contribution in [0.4, 0.5) is 0 Å². The highest BCUT2D eigenvalue weighted by Gasteiger charge is 2.03. The molecule has 0 fully saturated rings. The number of para-hydroxylation sites is 1. The zero-order valence-corrected chi connectivity index (χ0v) is 10.7. The van der Waals surface area contributed by atoms with Crippen LogP contribution in [-0.4, -0.2) is 15.8 Å². The SMILES string of the molecule is O=C(/C=C/c1cccnc1)c1cnc2ccccc2c1. The van der Waals surface area contributed by atoms with E-state index in [0.717, 1.165) is 16.5 Å². The molecule has 3 nitrogen and oxygen atoms in total. The standard InChI is InChI=1S/C17H12N2O/c20-17(8-7-13-4-3-9-18-11-13)15-10-14-5-1-2-6-16(14)19-12-15/h1-12H/b8-7+. The third-order valence-corrected chi connectivity index (χ3v) is 2.99. The molecule has 3 aromatic rings. The fourth-order valence-corrected chi connectivity index (χ4v) is 1.95. The summed E-state index contributed by atoms with van der Waals surface area (Å²) in [5.74, 6) is -0.0629. The first-order valence-electron chi connectivity index (χ1n) is 6.30. The Morgan fingerprint density at radius 1 is 1.05 bits per heavy atom. The van der Waals surface area contributed by atoms with Crippen LogP contribution in [0.5, 0.6) is 0 Å². The summed E-state index contributed by atoms with van der Waals surface area (Å²) >= 11 is 0. The summed E-state index contributed by atoms with van der Waals surface area (Å²) in [6.07, 6.45) is 8.32. The second-order valence-electron chi connectivity index (χ2n) is 4.40. The second kappa shape index (κ2) is 5.45. The number of nitrogens with zero attached hydrogens (tertiary/aromatic N) is 2. The average molecular weight is 260 g/mol. The Balaban J connectivity index is 1.87. The fraction of sp³-hybridized carbons (Fsp3) is 0. The summed E-state index contributed by atoms with van der Waals surface area (Å²) in [5.41, 5.74) is 2.37. The summed E-state index contributed by atoms with van der Waals surface area (Å²) < 4.78 is 0. The molecule has 0 radical (unpaired) electrons. The molecule has 0 amide bonds. The van der Waals surface area contributed by atoms with Gasteiger partial charge in [-0.15, -0.1) is 0 Å². The number of hydrogen-bond donors (Lipinski definition) is 0. The van der Waals surface area contributed by atoms with Gasteiger partial charge in [0.1, 0.15) is 0 Å². The number of pyridine rings is 2. The average Bonchev–Trinajstić information content (AvgIpc) is 2.53. The van der Waals surface area contributed by atoms with Crippen molar-refractivity contribution in [2.24, 2.45) is 0 Å². The summed E-state index contributed by atoms with van der Waals surface area (Å²) in [6, 6.07) is 13.3. The van der Waals surface area contributed by atoms with Crippen LogP contribution in [0.1, 0.15) is 15.9 Å². The van der Waals surface area contributed by atoms with Gasteiger partial charge in [0.15, 0.2) is 5.78 Å². The molecule has 3 heteroatoms. The molecule has 0 unspecified atom stereocenters. The molecular weight excluding hydrogens is 248 g/mol. The third-order valence-electron chi connectivity index (χ3n) is 2.99. The summed E-state index contributed by atoms with van der Waals surface area (Å²) in [4.78, 5) is 20.4. The topological polar surface area (TPSA) is 42.9 Å². The molecule has 3 rings (SSSR count). The molecule has 0 spiro atoms. The Hall–Kier alpha value is -2.81. The van der Waals surface area contributed by atoms with Crippen molar-refractivity contribution in [2.45, 2.75) is 0 Å². The molecule has 2 heterocycles. The monoisotopic (exact) mass is 260 g/mol. The molecule has 2 aromatic heterocycles. The van der Waals surface area contributed by atoms with E-state index < -0.39 is 0 Å². The van der Waals surface area contributed by atoms with Crippen molar-refractivity contribution >= 4 is 22.8 Å². The second-order valence-corrected chi connectivity index (χ2v) is 4.40. The lowest BCUT2D eigenvalue weighted by Gasteiger charge is -1.99. The normalized spacial score (nSPS) is 11.0. The largest absolute Gasteiger partial charge is 0.289 e. The van der Waals surface area contributed by atoms with E-state index in [2.05, 4.69) is 9.97 Å². The maximum Gasteiger partial charge on any atom is 0.187 e. The van der Waals surface area contributed by atoms with Gasteiger partial charge in [0.2, 0.25) is 0 Å². The molecule has 0 saturated heterocycles. The van der Waals surface area contributed by atoms with Gasteiger partial charge in [-0.1, -0.05) is 24.3 Å². The number of ketones is 1. The van der Waals surface area contributed by atoms with Gasteiger partial charge < -0.3 is 0 Å². The zero-order valence-electron chi connectivity index (χ0n) is 10.7. The predicted octanol–water partition coefficient (Wildman–Crippen LogP) is 3.53. The van der Waals surface area contributed by atoms with E-state index in [1.165, 1.54) is 0 Å². The Morgan fingerprint density at radius 3 is 2.80 bits per heavy atom. The van der Waals surface area contributed by atoms with E-state index in [0.29, 0.717) is 5.56 Å². The zero-order chi connectivity index (χ0) is 13.8. The van der Waals surface area contributed by atoms with E-state index in [1.54, 1.807) is 30.7 Å². The van der Waals surface area contributed by atoms with Gasteiger partial charge in [-0.3, -0.25) is 14.8 Å². The highest BCUT2D eigenvalue weighted by atomic mass is 16.1. The van der Waals surface area contributed by atoms with Crippen LogP contribution in [0.3, 0.4) is 0 Å². The van der Waals surface area contributed by atoms with E-state index in [-0.39, 0.29) is 5.78 Å². The van der Waals surface area contributed by atoms with Gasteiger partial charge in [-0.2, -0.15) is 0 Å². The minimum atomic E-state index is -0.0629. The van der Waals surface area contributed by atoms with Crippen molar-refractivity contribution in [2.75, 3.05) is 0 Å². The van der Waals surface area contributed by atoms with Gasteiger partial charge in [0.05, 0.1) is 5.52 Å². The number of benzene rings is 1. The Bertz CT molecular complexity index is 779. The molecule has 0 aliphatic rings. The first-order valence-corrected chi connectivity index (χ1v) is 6.30. The number of carbonyl (C=O) groups is 1. The van der Waals surface area contributed by atoms with Crippen LogP contribution in [0.25, 0.3) is 17.0 Å². The molecule has 1 aromatic carbocycles. The highest BCUT2D eigenvalue weighted by Crippen LogP contribution is 2.13. The summed E-state index contributed by atoms with van der Waals surface area (Å²) in [5, 5.41) is 0.966. The maximum atomic E-state index is 12.1. The van der Waals surface area contributed by atoms with Crippen LogP contribution in [0.15, 0.2) is 67.1 Å². The van der Waals surface area contributed by atoms with E-state index in [1.807, 2.05) is 42.5 Å². The minimum absolute atomic E-state index is 0.0629. The molecule has 0 N–H and O–H groups in total. The number of allylic oxidation sites excluding steroid dienone is 1. The number of hydrogen-bond acceptors (Lipinski definition) is 3. The summed E-state index contributed by atoms with van der Waals surface area (Å²) in [6.45, 7) is 0. The molecule has 0 bridgehead atoms. The first kappa shape index (κ1) is 12.2. The van der Waals surface area contributed by atoms with Crippen molar-refractivity contribution in [1.82, 2.24) is 9.97 Å². The molecule has 96 valence electrons. The predicted molar refractivity (Wildman–Crippen MR) is 79.3 cm³/mol. The molecule has 0 saturated carbocycles. The number of rotatable bonds is 3. The number of carbonyl (C=O) groups excluding carboxylic acids is 1. The van der Waals surface area contributed by atoms with Crippen molar-refractivity contribution in [1.29, 1.82) is 0 Å². The fourth-order valence-electron chi connectivity index (χ4n) is 1.95. The third kappa shape index (κ3) is 2.62. The Labute approximate surface area is 116 Å². The van der Waals surface area contributed by atoms with Crippen molar-refractivity contribution < 1.29 is 4.79 Å². The van der Waals surface area contributed by atoms with Crippen LogP contribution in [0.2, 0.25) is 0 Å². The highest BCUT2D eigenvalue weighted by molar-refractivity contribution is 6.08. The van der Waals surface area contributed by atoms with Gasteiger partial charge in [-0.25, -0.2) is 0 Å². The number of fused-ring (bicyclic) bond motifs is 1. The molecule has 20 heavy (non-hydrogen) atoms. The van der Waals surface area contributed by atoms with Crippen molar-refractivity contribution in [3.63, 3.8) is 0 Å². The van der Waals surface area contributed by atoms with Gasteiger partial charge in [0, 0.05) is 29.5 Å². The van der Waals surface area contributed by atoms with E-state index in [9.17, 15) is 4.79 Å². The lowest BCUT2D eigenvalue weighted by Crippen LogP contribution is -1.95. The molecule has 0 aliphatic carbocycles. The first-order chi connectivity index (χ1) is 9.83. The summed E-state index contributed by atoms with van der Waals surface area (Å²) in [7, 11) is 0. The Kier molecular flexibility index (Phi) is 3.33. The lowest BCUT2D eigenvalue weighted by atomic mass is 10.1. The van der Waals surface area contributed by atoms with Crippen LogP contribution >= 0.6 is 0 Å². The minimum Gasteiger partial charge on any atom is -0.289 e. The van der Waals surface area contributed by atoms with Crippen molar-refractivity contribution in [3.8, 4) is 0 Å². The number of aromatic nitrogens is 2. The smallest absolute Gasteiger partial charge is 0.187 e. The van der Waals surface area contributed by atoms with Crippen LogP contribution < -0.4 is 0 Å². The molecular formula is C17H12N2O. The Morgan fingerprint density at radius 2 is 1.95 bits per heavy atom. The van der Waals surface area contributed by atoms with Gasteiger partial charge >= 0.3 is 0 Å². The van der Waals surface area contributed by atoms with E-state index in [4.69, 9.17) is 0 Å². The molecule has 0 atom stereocenters. The van der Waals surface area contributed by atoms with Crippen LogP contribution in [0, 0.1) is 0 Å². The lowest BCUT2D eigenvalue weighted by molar-refractivity contribution is 0.104. The van der Waals surface area contributed by atoms with Crippen LogP contribution in [-0.2, 0) is 0 Å². The van der Waals surface area contributed by atoms with Gasteiger partial charge in [0.25, 0.3) is 0 Å². The van der Waals surface area contributed by atoms with E-state index >= 15 is 0 Å². The molecule has 0 aliphatic heterocycles. The quantitative estimate of drug-likeness (QED) is 0.534.